The monoisotopic (exact) mass is 698 g/mol. The Bertz CT molecular complexity index is 3710. The van der Waals surface area contributed by atoms with Crippen molar-refractivity contribution in [2.45, 2.75) is 0 Å². The second-order valence-electron chi connectivity index (χ2n) is 14.9. The minimum Gasteiger partial charge on any atom is -0.456 e. The fourth-order valence-corrected chi connectivity index (χ4v) is 9.70. The van der Waals surface area contributed by atoms with Gasteiger partial charge in [0.25, 0.3) is 0 Å². The van der Waals surface area contributed by atoms with Crippen molar-refractivity contribution in [1.29, 1.82) is 0 Å². The minimum atomic E-state index is 0.894. The molecule has 0 bridgehead atoms. The van der Waals surface area contributed by atoms with Gasteiger partial charge in [-0.1, -0.05) is 109 Å². The van der Waals surface area contributed by atoms with Crippen LogP contribution in [0.25, 0.3) is 120 Å². The molecule has 0 atom stereocenters. The predicted octanol–water partition coefficient (Wildman–Crippen LogP) is 14.3. The van der Waals surface area contributed by atoms with Crippen LogP contribution in [0.5, 0.6) is 0 Å². The molecule has 0 unspecified atom stereocenters. The van der Waals surface area contributed by atoms with Gasteiger partial charge in [-0.2, -0.15) is 0 Å². The molecule has 10 aromatic carbocycles. The van der Waals surface area contributed by atoms with Crippen molar-refractivity contribution in [3.8, 4) is 22.5 Å². The lowest BCUT2D eigenvalue weighted by Gasteiger charge is -2.14. The topological polar surface area (TPSA) is 23.0 Å². The Hall–Kier alpha value is -7.36. The minimum absolute atomic E-state index is 0.894. The van der Waals surface area contributed by atoms with Crippen LogP contribution < -0.4 is 0 Å². The van der Waals surface area contributed by atoms with Crippen LogP contribution in [0.1, 0.15) is 0 Å². The molecule has 0 N–H and O–H groups in total. The molecule has 0 saturated carbocycles. The summed E-state index contributed by atoms with van der Waals surface area (Å²) in [6.07, 6.45) is 0. The summed E-state index contributed by atoms with van der Waals surface area (Å²) in [6, 6.07) is 66.6. The Balaban J connectivity index is 1.17. The van der Waals surface area contributed by atoms with E-state index in [0.717, 1.165) is 33.3 Å². The van der Waals surface area contributed by atoms with E-state index in [1.807, 2.05) is 6.07 Å². The summed E-state index contributed by atoms with van der Waals surface area (Å²) in [7, 11) is 0. The highest BCUT2D eigenvalue weighted by Gasteiger charge is 2.23. The van der Waals surface area contributed by atoms with Gasteiger partial charge in [0.15, 0.2) is 0 Å². The predicted molar refractivity (Wildman–Crippen MR) is 232 cm³/mol. The van der Waals surface area contributed by atoms with Crippen molar-refractivity contribution in [2.75, 3.05) is 0 Å². The smallest absolute Gasteiger partial charge is 0.137 e. The number of benzene rings is 10. The van der Waals surface area contributed by atoms with Gasteiger partial charge in [-0.05, 0) is 110 Å². The molecule has 0 saturated heterocycles. The van der Waals surface area contributed by atoms with Gasteiger partial charge in [-0.3, -0.25) is 0 Å². The van der Waals surface area contributed by atoms with Crippen LogP contribution in [-0.2, 0) is 0 Å². The van der Waals surface area contributed by atoms with Gasteiger partial charge in [-0.15, -0.1) is 0 Å². The van der Waals surface area contributed by atoms with Gasteiger partial charge in [0.05, 0.1) is 22.1 Å². The molecular weight excluding hydrogens is 669 g/mol. The molecule has 13 rings (SSSR count). The number of aromatic nitrogens is 2. The maximum absolute atomic E-state index is 6.46. The van der Waals surface area contributed by atoms with E-state index in [4.69, 9.17) is 4.42 Å². The molecule has 0 aliphatic carbocycles. The summed E-state index contributed by atoms with van der Waals surface area (Å²) in [5.74, 6) is 0. The lowest BCUT2D eigenvalue weighted by molar-refractivity contribution is 0.668. The van der Waals surface area contributed by atoms with E-state index in [1.165, 1.54) is 87.1 Å². The molecule has 254 valence electrons. The molecule has 3 heterocycles. The van der Waals surface area contributed by atoms with Gasteiger partial charge >= 0.3 is 0 Å². The highest BCUT2D eigenvalue weighted by atomic mass is 16.3. The summed E-state index contributed by atoms with van der Waals surface area (Å²) < 4.78 is 11.3. The largest absolute Gasteiger partial charge is 0.456 e. The molecule has 55 heavy (non-hydrogen) atoms. The highest BCUT2D eigenvalue weighted by Crippen LogP contribution is 2.48. The Kier molecular flexibility index (Phi) is 5.63. The van der Waals surface area contributed by atoms with Crippen LogP contribution >= 0.6 is 0 Å². The van der Waals surface area contributed by atoms with Crippen molar-refractivity contribution in [1.82, 2.24) is 9.13 Å². The molecule has 0 radical (unpaired) electrons. The van der Waals surface area contributed by atoms with E-state index in [9.17, 15) is 0 Å². The molecule has 0 fully saturated rings. The molecule has 0 amide bonds. The van der Waals surface area contributed by atoms with E-state index in [0.29, 0.717) is 0 Å². The quantitative estimate of drug-likeness (QED) is 0.168. The van der Waals surface area contributed by atoms with Crippen molar-refractivity contribution < 1.29 is 4.42 Å². The van der Waals surface area contributed by atoms with E-state index in [2.05, 4.69) is 185 Å². The van der Waals surface area contributed by atoms with E-state index in [1.54, 1.807) is 0 Å². The van der Waals surface area contributed by atoms with Crippen LogP contribution in [-0.4, -0.2) is 9.13 Å². The summed E-state index contributed by atoms with van der Waals surface area (Å²) in [4.78, 5) is 0. The average Bonchev–Trinajstić information content (AvgIpc) is 3.90. The van der Waals surface area contributed by atoms with Crippen LogP contribution in [0.4, 0.5) is 0 Å². The zero-order chi connectivity index (χ0) is 35.8. The first-order valence-corrected chi connectivity index (χ1v) is 18.9. The first kappa shape index (κ1) is 29.1. The maximum Gasteiger partial charge on any atom is 0.137 e. The van der Waals surface area contributed by atoms with Gasteiger partial charge in [0.2, 0.25) is 0 Å². The second kappa shape index (κ2) is 10.6. The van der Waals surface area contributed by atoms with Gasteiger partial charge in [-0.25, -0.2) is 0 Å². The number of para-hydroxylation sites is 3. The zero-order valence-electron chi connectivity index (χ0n) is 29.6. The van der Waals surface area contributed by atoms with Crippen molar-refractivity contribution in [3.63, 3.8) is 0 Å². The molecule has 3 aromatic heterocycles. The first-order valence-electron chi connectivity index (χ1n) is 18.9. The van der Waals surface area contributed by atoms with Crippen LogP contribution in [0.15, 0.2) is 186 Å². The van der Waals surface area contributed by atoms with E-state index in [-0.39, 0.29) is 0 Å². The Morgan fingerprint density at radius 3 is 1.87 bits per heavy atom. The zero-order valence-corrected chi connectivity index (χ0v) is 29.6. The molecule has 13 aromatic rings. The number of rotatable bonds is 3. The lowest BCUT2D eigenvalue weighted by atomic mass is 9.89. The number of nitrogens with zero attached hydrogens (tertiary/aromatic N) is 2. The summed E-state index contributed by atoms with van der Waals surface area (Å²) in [5, 5.41) is 15.0. The Morgan fingerprint density at radius 2 is 0.945 bits per heavy atom. The molecule has 3 heteroatoms. The normalized spacial score (nSPS) is 12.4. The molecule has 0 spiro atoms. The molecule has 3 nitrogen and oxygen atoms in total. The van der Waals surface area contributed by atoms with Gasteiger partial charge in [0.1, 0.15) is 11.2 Å². The summed E-state index contributed by atoms with van der Waals surface area (Å²) in [5.41, 5.74) is 11.2. The second-order valence-corrected chi connectivity index (χ2v) is 14.9. The lowest BCUT2D eigenvalue weighted by Crippen LogP contribution is -1.94. The van der Waals surface area contributed by atoms with Crippen molar-refractivity contribution >= 4 is 97.9 Å². The Labute approximate surface area is 314 Å². The number of hydrogen-bond donors (Lipinski definition) is 0. The summed E-state index contributed by atoms with van der Waals surface area (Å²) in [6.45, 7) is 0. The number of fused-ring (bicyclic) bond motifs is 11. The Morgan fingerprint density at radius 1 is 0.291 bits per heavy atom. The molecule has 0 aliphatic heterocycles. The highest BCUT2D eigenvalue weighted by molar-refractivity contribution is 6.38. The van der Waals surface area contributed by atoms with Crippen LogP contribution in [0.2, 0.25) is 0 Å². The third-order valence-electron chi connectivity index (χ3n) is 12.0. The van der Waals surface area contributed by atoms with E-state index >= 15 is 0 Å². The number of hydrogen-bond acceptors (Lipinski definition) is 1. The van der Waals surface area contributed by atoms with Gasteiger partial charge < -0.3 is 13.6 Å². The van der Waals surface area contributed by atoms with Gasteiger partial charge in [0, 0.05) is 49.8 Å². The molecular formula is C52H30N2O. The average molecular weight is 699 g/mol. The van der Waals surface area contributed by atoms with Crippen LogP contribution in [0, 0.1) is 0 Å². The maximum atomic E-state index is 6.46. The first-order chi connectivity index (χ1) is 27.3. The summed E-state index contributed by atoms with van der Waals surface area (Å²) >= 11 is 0. The third-order valence-corrected chi connectivity index (χ3v) is 12.0. The SMILES string of the molecule is c1ccc(-n2c3ccccc3c3cc(-c4cc5c6c7ccccc7ccc6c6cccc7c6c5c(c4)n7-c4ccc5c(c4)oc4ccccc45)ccc32)cc1. The van der Waals surface area contributed by atoms with E-state index < -0.39 is 0 Å². The number of furan rings is 1. The third kappa shape index (κ3) is 3.89. The van der Waals surface area contributed by atoms with Crippen LogP contribution in [0.3, 0.4) is 0 Å². The molecule has 0 aliphatic rings. The fraction of sp³-hybridized carbons (Fsp3) is 0. The fourth-order valence-electron chi connectivity index (χ4n) is 9.70. The van der Waals surface area contributed by atoms with Crippen molar-refractivity contribution in [2.24, 2.45) is 0 Å². The standard InChI is InChI=1S/C52H30N2O/c1-2-12-34(13-3-1)53-44-18-8-6-15-37(44)42-27-32(22-26-45(42)53)33-28-43-50-36-14-5-4-11-31(36)21-24-41(50)40-17-10-19-46-51(40)52(43)47(29-33)54(46)35-23-25-39-38-16-7-9-20-48(38)55-49(39)30-35/h1-30H. The van der Waals surface area contributed by atoms with Crippen molar-refractivity contribution in [3.05, 3.63) is 182 Å².